The third-order valence-corrected chi connectivity index (χ3v) is 6.45. The van der Waals surface area contributed by atoms with E-state index < -0.39 is 17.4 Å². The standard InChI is InChI=1S/C21H23F3N6O3/c1-11-16-17(30(2)20(18(31)28-16)5-6-32-10-20)29-19(26-11)27-12-7-14(8-12)33-13-3-4-15(25-9-13)21(22,23)24/h3-4,9,12,14H,5-8,10H2,1-2H3,(H,28,31)(H,26,27,29)/t12-,14-,20-/m0/s1. The van der Waals surface area contributed by atoms with E-state index in [0.717, 1.165) is 12.3 Å². The number of rotatable bonds is 4. The largest absolute Gasteiger partial charge is 0.489 e. The van der Waals surface area contributed by atoms with Crippen molar-refractivity contribution in [1.29, 1.82) is 0 Å². The summed E-state index contributed by atoms with van der Waals surface area (Å²) < 4.78 is 49.1. The van der Waals surface area contributed by atoms with Gasteiger partial charge in [0.15, 0.2) is 5.82 Å². The number of nitrogens with one attached hydrogen (secondary N) is 2. The number of carbonyl (C=O) groups is 1. The first kappa shape index (κ1) is 21.7. The van der Waals surface area contributed by atoms with Crippen molar-refractivity contribution in [3.05, 3.63) is 29.7 Å². The van der Waals surface area contributed by atoms with Gasteiger partial charge in [-0.25, -0.2) is 9.97 Å². The van der Waals surface area contributed by atoms with Gasteiger partial charge in [0.25, 0.3) is 5.91 Å². The summed E-state index contributed by atoms with van der Waals surface area (Å²) in [5.41, 5.74) is -0.472. The third kappa shape index (κ3) is 3.81. The van der Waals surface area contributed by atoms with Gasteiger partial charge in [-0.3, -0.25) is 4.79 Å². The number of likely N-dealkylation sites (N-methyl/N-ethyl adjacent to an activating group) is 1. The Bertz CT molecular complexity index is 1070. The zero-order chi connectivity index (χ0) is 23.4. The lowest BCUT2D eigenvalue weighted by Crippen LogP contribution is -2.59. The molecule has 4 heterocycles. The maximum atomic E-state index is 12.7. The van der Waals surface area contributed by atoms with Crippen LogP contribution in [0.25, 0.3) is 0 Å². The van der Waals surface area contributed by atoms with Crippen molar-refractivity contribution < 1.29 is 27.4 Å². The van der Waals surface area contributed by atoms with E-state index in [4.69, 9.17) is 9.47 Å². The summed E-state index contributed by atoms with van der Waals surface area (Å²) in [7, 11) is 1.84. The van der Waals surface area contributed by atoms with Crippen LogP contribution in [0.1, 0.15) is 30.7 Å². The highest BCUT2D eigenvalue weighted by Gasteiger charge is 2.50. The van der Waals surface area contributed by atoms with E-state index in [1.807, 2.05) is 18.9 Å². The molecule has 2 aliphatic heterocycles. The molecule has 0 bridgehead atoms. The molecule has 0 aromatic carbocycles. The van der Waals surface area contributed by atoms with Crippen molar-refractivity contribution in [3.8, 4) is 5.75 Å². The Labute approximate surface area is 187 Å². The lowest BCUT2D eigenvalue weighted by atomic mass is 9.89. The summed E-state index contributed by atoms with van der Waals surface area (Å²) in [6.07, 6.45) is -1.65. The molecule has 1 aliphatic carbocycles. The lowest BCUT2D eigenvalue weighted by molar-refractivity contribution is -0.141. The predicted molar refractivity (Wildman–Crippen MR) is 112 cm³/mol. The second kappa shape index (κ2) is 7.72. The molecule has 2 aromatic heterocycles. The molecule has 0 radical (unpaired) electrons. The molecule has 2 N–H and O–H groups in total. The van der Waals surface area contributed by atoms with Crippen molar-refractivity contribution in [2.24, 2.45) is 0 Å². The van der Waals surface area contributed by atoms with Gasteiger partial charge in [0.1, 0.15) is 28.8 Å². The van der Waals surface area contributed by atoms with E-state index in [-0.39, 0.29) is 18.1 Å². The smallest absolute Gasteiger partial charge is 0.433 e. The minimum atomic E-state index is -4.47. The van der Waals surface area contributed by atoms with E-state index in [2.05, 4.69) is 25.6 Å². The molecule has 1 saturated heterocycles. The number of fused-ring (bicyclic) bond motifs is 1. The van der Waals surface area contributed by atoms with Crippen LogP contribution in [-0.2, 0) is 15.7 Å². The number of alkyl halides is 3. The highest BCUT2D eigenvalue weighted by Crippen LogP contribution is 2.40. The number of amides is 1. The van der Waals surface area contributed by atoms with Gasteiger partial charge in [-0.2, -0.15) is 18.2 Å². The fourth-order valence-electron chi connectivity index (χ4n) is 4.37. The molecule has 1 atom stereocenters. The fourth-order valence-corrected chi connectivity index (χ4v) is 4.37. The maximum Gasteiger partial charge on any atom is 0.433 e. The first-order valence-corrected chi connectivity index (χ1v) is 10.6. The van der Waals surface area contributed by atoms with Crippen LogP contribution in [0.2, 0.25) is 0 Å². The summed E-state index contributed by atoms with van der Waals surface area (Å²) in [6.45, 7) is 2.63. The molecule has 5 rings (SSSR count). The monoisotopic (exact) mass is 464 g/mol. The number of halogens is 3. The molecular weight excluding hydrogens is 441 g/mol. The lowest BCUT2D eigenvalue weighted by Gasteiger charge is -2.42. The Hall–Kier alpha value is -3.15. The van der Waals surface area contributed by atoms with E-state index in [1.165, 1.54) is 6.07 Å². The molecule has 1 spiro atoms. The van der Waals surface area contributed by atoms with Gasteiger partial charge in [-0.15, -0.1) is 0 Å². The number of anilines is 3. The Morgan fingerprint density at radius 2 is 2.09 bits per heavy atom. The fraction of sp³-hybridized carbons (Fsp3) is 0.524. The van der Waals surface area contributed by atoms with E-state index in [9.17, 15) is 18.0 Å². The average molecular weight is 464 g/mol. The van der Waals surface area contributed by atoms with Crippen LogP contribution < -0.4 is 20.3 Å². The summed E-state index contributed by atoms with van der Waals surface area (Å²) >= 11 is 0. The number of aryl methyl sites for hydroxylation is 1. The predicted octanol–water partition coefficient (Wildman–Crippen LogP) is 2.77. The minimum Gasteiger partial charge on any atom is -0.489 e. The molecule has 1 amide bonds. The second-order valence-corrected chi connectivity index (χ2v) is 8.61. The molecule has 0 unspecified atom stereocenters. The van der Waals surface area contributed by atoms with Gasteiger partial charge in [-0.1, -0.05) is 0 Å². The normalized spacial score (nSPS) is 26.6. The summed E-state index contributed by atoms with van der Waals surface area (Å²) in [5, 5.41) is 6.23. The van der Waals surface area contributed by atoms with Crippen molar-refractivity contribution in [1.82, 2.24) is 15.0 Å². The van der Waals surface area contributed by atoms with Crippen molar-refractivity contribution in [2.75, 3.05) is 35.8 Å². The van der Waals surface area contributed by atoms with E-state index in [1.54, 1.807) is 0 Å². The van der Waals surface area contributed by atoms with Gasteiger partial charge >= 0.3 is 6.18 Å². The SMILES string of the molecule is Cc1nc(N[C@H]2C[C@H](Oc3ccc(C(F)(F)F)nc3)C2)nc2c1NC(=O)[C@@]1(CCOC1)N2C. The van der Waals surface area contributed by atoms with Crippen LogP contribution in [0.15, 0.2) is 18.3 Å². The van der Waals surface area contributed by atoms with Gasteiger partial charge in [0.2, 0.25) is 5.95 Å². The Morgan fingerprint density at radius 3 is 2.73 bits per heavy atom. The molecule has 9 nitrogen and oxygen atoms in total. The van der Waals surface area contributed by atoms with Crippen LogP contribution in [0.3, 0.4) is 0 Å². The van der Waals surface area contributed by atoms with Crippen molar-refractivity contribution in [3.63, 3.8) is 0 Å². The van der Waals surface area contributed by atoms with Gasteiger partial charge in [0.05, 0.1) is 18.5 Å². The molecule has 3 aliphatic rings. The van der Waals surface area contributed by atoms with Crippen LogP contribution in [0, 0.1) is 6.92 Å². The molecule has 2 aromatic rings. The highest BCUT2D eigenvalue weighted by molar-refractivity contribution is 6.06. The summed E-state index contributed by atoms with van der Waals surface area (Å²) in [4.78, 5) is 27.2. The number of nitrogens with zero attached hydrogens (tertiary/aromatic N) is 4. The minimum absolute atomic E-state index is 0.0575. The first-order valence-electron chi connectivity index (χ1n) is 10.6. The summed E-state index contributed by atoms with van der Waals surface area (Å²) in [6, 6.07) is 2.24. The Morgan fingerprint density at radius 1 is 1.30 bits per heavy atom. The molecule has 12 heteroatoms. The maximum absolute atomic E-state index is 12.7. The number of carbonyl (C=O) groups excluding carboxylic acids is 1. The molecular formula is C21H23F3N6O3. The Kier molecular flexibility index (Phi) is 5.07. The Balaban J connectivity index is 1.23. The quantitative estimate of drug-likeness (QED) is 0.713. The van der Waals surface area contributed by atoms with E-state index in [0.29, 0.717) is 61.4 Å². The molecule has 2 fully saturated rings. The number of aromatic nitrogens is 3. The van der Waals surface area contributed by atoms with Gasteiger partial charge < -0.3 is 25.0 Å². The van der Waals surface area contributed by atoms with Crippen LogP contribution >= 0.6 is 0 Å². The first-order chi connectivity index (χ1) is 15.7. The summed E-state index contributed by atoms with van der Waals surface area (Å²) in [5.74, 6) is 1.27. The highest BCUT2D eigenvalue weighted by atomic mass is 19.4. The number of hydrogen-bond donors (Lipinski definition) is 2. The van der Waals surface area contributed by atoms with Gasteiger partial charge in [-0.05, 0) is 19.1 Å². The average Bonchev–Trinajstić information content (AvgIpc) is 3.23. The van der Waals surface area contributed by atoms with Crippen LogP contribution in [0.5, 0.6) is 5.75 Å². The third-order valence-electron chi connectivity index (χ3n) is 6.45. The van der Waals surface area contributed by atoms with Crippen molar-refractivity contribution >= 4 is 23.4 Å². The zero-order valence-corrected chi connectivity index (χ0v) is 18.1. The van der Waals surface area contributed by atoms with E-state index >= 15 is 0 Å². The van der Waals surface area contributed by atoms with Crippen LogP contribution in [0.4, 0.5) is 30.6 Å². The van der Waals surface area contributed by atoms with Crippen molar-refractivity contribution in [2.45, 2.75) is 50.0 Å². The number of pyridine rings is 1. The zero-order valence-electron chi connectivity index (χ0n) is 18.1. The number of ether oxygens (including phenoxy) is 2. The molecule has 33 heavy (non-hydrogen) atoms. The molecule has 1 saturated carbocycles. The van der Waals surface area contributed by atoms with Gasteiger partial charge in [0, 0.05) is 39.0 Å². The van der Waals surface area contributed by atoms with Crippen LogP contribution in [-0.4, -0.2) is 58.8 Å². The topological polar surface area (TPSA) is 102 Å². The molecule has 176 valence electrons. The number of hydrogen-bond acceptors (Lipinski definition) is 8. The second-order valence-electron chi connectivity index (χ2n) is 8.61.